The van der Waals surface area contributed by atoms with E-state index >= 15 is 4.39 Å². The van der Waals surface area contributed by atoms with Gasteiger partial charge in [-0.2, -0.15) is 0 Å². The molecule has 1 saturated heterocycles. The van der Waals surface area contributed by atoms with Gasteiger partial charge in [-0.25, -0.2) is 14.4 Å². The topological polar surface area (TPSA) is 59.4 Å². The normalized spacial score (nSPS) is 26.6. The van der Waals surface area contributed by atoms with Gasteiger partial charge in [-0.1, -0.05) is 31.6 Å². The van der Waals surface area contributed by atoms with Crippen LogP contribution in [-0.4, -0.2) is 42.5 Å². The number of benzene rings is 1. The lowest BCUT2D eigenvalue weighted by Crippen LogP contribution is -2.47. The molecule has 1 aromatic heterocycles. The molecule has 39 heavy (non-hydrogen) atoms. The van der Waals surface area contributed by atoms with Crippen molar-refractivity contribution in [3.63, 3.8) is 0 Å². The van der Waals surface area contributed by atoms with E-state index in [1.807, 2.05) is 25.3 Å². The lowest BCUT2D eigenvalue weighted by Gasteiger charge is -2.49. The Labute approximate surface area is 233 Å². The van der Waals surface area contributed by atoms with Crippen LogP contribution in [0.25, 0.3) is 16.8 Å². The predicted molar refractivity (Wildman–Crippen MR) is 157 cm³/mol. The zero-order chi connectivity index (χ0) is 27.2. The van der Waals surface area contributed by atoms with Crippen molar-refractivity contribution in [2.24, 2.45) is 16.8 Å². The summed E-state index contributed by atoms with van der Waals surface area (Å²) >= 11 is 0. The van der Waals surface area contributed by atoms with Gasteiger partial charge in [0.25, 0.3) is 0 Å². The van der Waals surface area contributed by atoms with Crippen molar-refractivity contribution in [3.05, 3.63) is 65.5 Å². The van der Waals surface area contributed by atoms with Crippen LogP contribution in [-0.2, 0) is 11.2 Å². The average Bonchev–Trinajstić information content (AvgIpc) is 3.43. The van der Waals surface area contributed by atoms with Crippen molar-refractivity contribution in [2.45, 2.75) is 82.7 Å². The first-order chi connectivity index (χ1) is 19.1. The Morgan fingerprint density at radius 3 is 2.85 bits per heavy atom. The summed E-state index contributed by atoms with van der Waals surface area (Å²) in [5.41, 5.74) is 4.51. The average molecular weight is 531 g/mol. The quantitative estimate of drug-likeness (QED) is 0.199. The van der Waals surface area contributed by atoms with Crippen LogP contribution in [0.15, 0.2) is 47.6 Å². The highest BCUT2D eigenvalue weighted by molar-refractivity contribution is 5.73. The van der Waals surface area contributed by atoms with Gasteiger partial charge in [-0.3, -0.25) is 4.99 Å². The van der Waals surface area contributed by atoms with E-state index in [0.29, 0.717) is 29.1 Å². The first kappa shape index (κ1) is 27.9. The van der Waals surface area contributed by atoms with Crippen LogP contribution in [0.3, 0.4) is 0 Å². The Balaban J connectivity index is 1.55. The summed E-state index contributed by atoms with van der Waals surface area (Å²) in [5.74, 6) is 1.77. The summed E-state index contributed by atoms with van der Waals surface area (Å²) in [5, 5.41) is 3.21. The second-order valence-corrected chi connectivity index (χ2v) is 11.5. The maximum atomic E-state index is 15.2. The first-order valence-electron chi connectivity index (χ1n) is 14.8. The number of rotatable bonds is 10. The van der Waals surface area contributed by atoms with Crippen molar-refractivity contribution in [2.75, 3.05) is 20.2 Å². The number of halogens is 1. The summed E-state index contributed by atoms with van der Waals surface area (Å²) in [6.45, 7) is 7.94. The molecule has 0 amide bonds. The highest BCUT2D eigenvalue weighted by atomic mass is 19.1. The summed E-state index contributed by atoms with van der Waals surface area (Å²) in [4.78, 5) is 14.3. The molecule has 4 unspecified atom stereocenters. The maximum absolute atomic E-state index is 15.2. The standard InChI is InChI=1S/C33H43FN4O/c1-23-25-14-15-28-30(26(25)16-19-33(23)18-10-22-39-33)37-32(38-31(28)27-12-7-8-13-29(27)34)24(17-21-36-3)11-6-4-5-9-20-35-2/h7-8,11-13,17,21,23,25-26,35H,3-6,9-10,14-16,18-20,22H2,1-2H3/b21-17-,24-11+. The van der Waals surface area contributed by atoms with Crippen LogP contribution in [0.2, 0.25) is 0 Å². The fourth-order valence-corrected chi connectivity index (χ4v) is 7.26. The molecule has 1 N–H and O–H groups in total. The number of nitrogens with one attached hydrogen (secondary N) is 1. The molecule has 6 heteroatoms. The fraction of sp³-hybridized carbons (Fsp3) is 0.545. The highest BCUT2D eigenvalue weighted by Gasteiger charge is 2.51. The predicted octanol–water partition coefficient (Wildman–Crippen LogP) is 7.29. The van der Waals surface area contributed by atoms with Crippen molar-refractivity contribution in [1.29, 1.82) is 0 Å². The van der Waals surface area contributed by atoms with E-state index in [9.17, 15) is 0 Å². The molecular weight excluding hydrogens is 487 g/mol. The molecule has 0 radical (unpaired) electrons. The van der Waals surface area contributed by atoms with Gasteiger partial charge in [0.2, 0.25) is 0 Å². The zero-order valence-electron chi connectivity index (χ0n) is 23.6. The van der Waals surface area contributed by atoms with Crippen LogP contribution in [0, 0.1) is 17.7 Å². The molecule has 2 heterocycles. The Hall–Kier alpha value is -2.70. The highest BCUT2D eigenvalue weighted by Crippen LogP contribution is 2.55. The molecule has 5 rings (SSSR count). The number of aliphatic imine (C=N–C) groups is 1. The van der Waals surface area contributed by atoms with Crippen molar-refractivity contribution >= 4 is 12.3 Å². The number of allylic oxidation sites excluding steroid dienone is 3. The molecule has 208 valence electrons. The number of nitrogens with zero attached hydrogens (tertiary/aromatic N) is 3. The Kier molecular flexibility index (Phi) is 9.03. The van der Waals surface area contributed by atoms with E-state index in [2.05, 4.69) is 30.0 Å². The van der Waals surface area contributed by atoms with Gasteiger partial charge < -0.3 is 10.1 Å². The first-order valence-corrected chi connectivity index (χ1v) is 14.8. The van der Waals surface area contributed by atoms with E-state index < -0.39 is 0 Å². The SMILES string of the molecule is C=N/C=C\C(=C/CCCCCNC)c1nc(-c2ccccc2F)c2c(n1)C1CCC3(CCCO3)C(C)C1CC2. The zero-order valence-corrected chi connectivity index (χ0v) is 23.6. The number of fused-ring (bicyclic) bond motifs is 3. The van der Waals surface area contributed by atoms with E-state index in [4.69, 9.17) is 14.7 Å². The van der Waals surface area contributed by atoms with Crippen molar-refractivity contribution < 1.29 is 9.13 Å². The molecular formula is C33H43FN4O. The third-order valence-corrected chi connectivity index (χ3v) is 9.36. The van der Waals surface area contributed by atoms with Gasteiger partial charge >= 0.3 is 0 Å². The lowest BCUT2D eigenvalue weighted by atomic mass is 9.59. The van der Waals surface area contributed by atoms with Crippen molar-refractivity contribution in [1.82, 2.24) is 15.3 Å². The largest absolute Gasteiger partial charge is 0.375 e. The molecule has 2 aromatic rings. The fourth-order valence-electron chi connectivity index (χ4n) is 7.26. The molecule has 1 aliphatic heterocycles. The van der Waals surface area contributed by atoms with E-state index in [-0.39, 0.29) is 11.4 Å². The molecule has 5 nitrogen and oxygen atoms in total. The molecule has 0 bridgehead atoms. The summed E-state index contributed by atoms with van der Waals surface area (Å²) in [6, 6.07) is 7.02. The Bertz CT molecular complexity index is 1220. The summed E-state index contributed by atoms with van der Waals surface area (Å²) < 4.78 is 21.6. The number of unbranched alkanes of at least 4 members (excludes halogenated alkanes) is 3. The van der Waals surface area contributed by atoms with Gasteiger partial charge in [-0.05, 0) is 108 Å². The van der Waals surface area contributed by atoms with Crippen LogP contribution in [0.1, 0.15) is 87.7 Å². The third kappa shape index (κ3) is 5.78. The monoisotopic (exact) mass is 530 g/mol. The number of ether oxygens (including phenoxy) is 1. The van der Waals surface area contributed by atoms with Gasteiger partial charge in [0.15, 0.2) is 5.82 Å². The molecule has 2 aliphatic carbocycles. The van der Waals surface area contributed by atoms with Crippen LogP contribution in [0.5, 0.6) is 0 Å². The summed E-state index contributed by atoms with van der Waals surface area (Å²) in [7, 11) is 1.99. The Morgan fingerprint density at radius 1 is 1.21 bits per heavy atom. The molecule has 1 aromatic carbocycles. The van der Waals surface area contributed by atoms with E-state index in [0.717, 1.165) is 93.5 Å². The van der Waals surface area contributed by atoms with Gasteiger partial charge in [0.1, 0.15) is 5.82 Å². The van der Waals surface area contributed by atoms with Crippen LogP contribution >= 0.6 is 0 Å². The second kappa shape index (κ2) is 12.6. The van der Waals surface area contributed by atoms with Crippen LogP contribution < -0.4 is 5.32 Å². The van der Waals surface area contributed by atoms with E-state index in [1.165, 1.54) is 12.5 Å². The van der Waals surface area contributed by atoms with Crippen LogP contribution in [0.4, 0.5) is 4.39 Å². The Morgan fingerprint density at radius 2 is 2.08 bits per heavy atom. The van der Waals surface area contributed by atoms with Gasteiger partial charge in [-0.15, -0.1) is 0 Å². The van der Waals surface area contributed by atoms with Gasteiger partial charge in [0.05, 0.1) is 17.0 Å². The smallest absolute Gasteiger partial charge is 0.159 e. The second-order valence-electron chi connectivity index (χ2n) is 11.5. The number of aromatic nitrogens is 2. The number of hydrogen-bond acceptors (Lipinski definition) is 5. The van der Waals surface area contributed by atoms with E-state index in [1.54, 1.807) is 12.3 Å². The minimum Gasteiger partial charge on any atom is -0.375 e. The minimum absolute atomic E-state index is 0.0274. The summed E-state index contributed by atoms with van der Waals surface area (Å²) in [6.07, 6.45) is 16.6. The third-order valence-electron chi connectivity index (χ3n) is 9.36. The van der Waals surface area contributed by atoms with Gasteiger partial charge in [0, 0.05) is 35.4 Å². The molecule has 1 saturated carbocycles. The minimum atomic E-state index is -0.236. The number of hydrogen-bond donors (Lipinski definition) is 1. The van der Waals surface area contributed by atoms with Crippen molar-refractivity contribution in [3.8, 4) is 11.3 Å². The molecule has 1 spiro atoms. The maximum Gasteiger partial charge on any atom is 0.159 e. The molecule has 4 atom stereocenters. The molecule has 2 fully saturated rings. The molecule has 3 aliphatic rings. The lowest BCUT2D eigenvalue weighted by molar-refractivity contribution is -0.0932.